The van der Waals surface area contributed by atoms with Crippen LogP contribution in [0.15, 0.2) is 24.4 Å². The molecule has 1 unspecified atom stereocenters. The highest BCUT2D eigenvalue weighted by Crippen LogP contribution is 2.37. The Kier molecular flexibility index (Phi) is 7.44. The molecule has 15 heteroatoms. The molecule has 2 N–H and O–H groups in total. The van der Waals surface area contributed by atoms with Crippen molar-refractivity contribution >= 4 is 29.3 Å². The van der Waals surface area contributed by atoms with E-state index in [2.05, 4.69) is 20.3 Å². The van der Waals surface area contributed by atoms with Gasteiger partial charge >= 0.3 is 12.2 Å². The van der Waals surface area contributed by atoms with Crippen LogP contribution in [0.25, 0.3) is 0 Å². The van der Waals surface area contributed by atoms with Crippen molar-refractivity contribution in [2.75, 3.05) is 41.4 Å². The number of alkyl halides is 3. The summed E-state index contributed by atoms with van der Waals surface area (Å²) < 4.78 is 55.9. The number of carbonyl (C=O) groups excluding carboxylic acids is 2. The number of nitrogens with zero attached hydrogens (tertiary/aromatic N) is 5. The molecular formula is C25H30F3N7O5. The van der Waals surface area contributed by atoms with Crippen LogP contribution < -0.4 is 25.2 Å². The first kappa shape index (κ1) is 27.8. The molecule has 3 amide bonds. The Balaban J connectivity index is 1.33. The number of hydrogen-bond donors (Lipinski definition) is 2. The second-order valence-corrected chi connectivity index (χ2v) is 10.3. The predicted octanol–water partition coefficient (Wildman–Crippen LogP) is 3.10. The Morgan fingerprint density at radius 3 is 2.80 bits per heavy atom. The van der Waals surface area contributed by atoms with E-state index >= 15 is 0 Å². The Morgan fingerprint density at radius 1 is 1.27 bits per heavy atom. The van der Waals surface area contributed by atoms with Gasteiger partial charge < -0.3 is 24.4 Å². The van der Waals surface area contributed by atoms with Crippen LogP contribution in [-0.2, 0) is 9.47 Å². The van der Waals surface area contributed by atoms with E-state index in [1.54, 1.807) is 18.2 Å². The standard InChI is InChI=1S/C25H30F3N7O5/c1-14(25(26,27)28)30-22(36)20-29-10-17-21(33-20)35(15-6-5-9-34(17)11-15)23(37)32-18-7-4-8-19(31-18)38-12-16-13-39-24(2,3)40-16/h4,7-8,10,14-16H,5-6,9,11-13H2,1-3H3,(H,30,36)(H,31,32,37)/t14-,15?,16+/m1/s1. The molecule has 2 aromatic rings. The van der Waals surface area contributed by atoms with E-state index in [1.807, 2.05) is 24.1 Å². The summed E-state index contributed by atoms with van der Waals surface area (Å²) in [5, 5.41) is 4.61. The summed E-state index contributed by atoms with van der Waals surface area (Å²) in [5.74, 6) is -1.61. The molecule has 0 radical (unpaired) electrons. The lowest BCUT2D eigenvalue weighted by Gasteiger charge is -2.45. The summed E-state index contributed by atoms with van der Waals surface area (Å²) in [4.78, 5) is 42.1. The lowest BCUT2D eigenvalue weighted by Crippen LogP contribution is -2.56. The zero-order valence-corrected chi connectivity index (χ0v) is 22.2. The van der Waals surface area contributed by atoms with Crippen molar-refractivity contribution in [3.63, 3.8) is 0 Å². The van der Waals surface area contributed by atoms with E-state index in [0.717, 1.165) is 13.3 Å². The fraction of sp³-hybridized carbons (Fsp3) is 0.560. The summed E-state index contributed by atoms with van der Waals surface area (Å²) in [5.41, 5.74) is 0.512. The number of halogens is 3. The number of ether oxygens (including phenoxy) is 3. The fourth-order valence-corrected chi connectivity index (χ4v) is 4.80. The molecule has 2 fully saturated rings. The van der Waals surface area contributed by atoms with E-state index in [4.69, 9.17) is 14.2 Å². The number of piperidine rings is 1. The second-order valence-electron chi connectivity index (χ2n) is 10.3. The molecular weight excluding hydrogens is 535 g/mol. The van der Waals surface area contributed by atoms with Gasteiger partial charge in [-0.2, -0.15) is 18.2 Å². The average molecular weight is 566 g/mol. The van der Waals surface area contributed by atoms with Gasteiger partial charge in [-0.15, -0.1) is 0 Å². The molecule has 5 heterocycles. The number of urea groups is 1. The van der Waals surface area contributed by atoms with E-state index in [-0.39, 0.29) is 36.3 Å². The monoisotopic (exact) mass is 565 g/mol. The number of nitrogens with one attached hydrogen (secondary N) is 2. The lowest BCUT2D eigenvalue weighted by molar-refractivity contribution is -0.149. The Morgan fingerprint density at radius 2 is 2.08 bits per heavy atom. The maximum atomic E-state index is 13.5. The van der Waals surface area contributed by atoms with Crippen LogP contribution >= 0.6 is 0 Å². The third kappa shape index (κ3) is 6.04. The molecule has 2 saturated heterocycles. The number of carbonyl (C=O) groups is 2. The van der Waals surface area contributed by atoms with Crippen molar-refractivity contribution in [3.05, 3.63) is 30.2 Å². The first-order valence-corrected chi connectivity index (χ1v) is 12.9. The zero-order valence-electron chi connectivity index (χ0n) is 22.2. The summed E-state index contributed by atoms with van der Waals surface area (Å²) in [6, 6.07) is 1.99. The van der Waals surface area contributed by atoms with Crippen molar-refractivity contribution in [2.45, 2.75) is 63.8 Å². The molecule has 2 aromatic heterocycles. The van der Waals surface area contributed by atoms with E-state index < -0.39 is 35.8 Å². The Hall–Kier alpha value is -3.72. The minimum Gasteiger partial charge on any atom is -0.475 e. The molecule has 0 aliphatic carbocycles. The second kappa shape index (κ2) is 10.7. The van der Waals surface area contributed by atoms with Crippen LogP contribution in [0.5, 0.6) is 5.88 Å². The zero-order chi connectivity index (χ0) is 28.7. The van der Waals surface area contributed by atoms with E-state index in [0.29, 0.717) is 31.8 Å². The highest BCUT2D eigenvalue weighted by atomic mass is 19.4. The topological polar surface area (TPSA) is 131 Å². The maximum absolute atomic E-state index is 13.5. The van der Waals surface area contributed by atoms with Gasteiger partial charge in [-0.1, -0.05) is 6.07 Å². The van der Waals surface area contributed by atoms with Gasteiger partial charge in [0.05, 0.1) is 24.5 Å². The van der Waals surface area contributed by atoms with Gasteiger partial charge in [-0.05, 0) is 39.7 Å². The summed E-state index contributed by atoms with van der Waals surface area (Å²) in [6.07, 6.45) is -2.04. The van der Waals surface area contributed by atoms with Gasteiger partial charge in [0.25, 0.3) is 5.91 Å². The SMILES string of the molecule is C[C@@H](NC(=O)c1ncc2c(n1)N(C(=O)Nc1cccc(OC[C@H]3COC(C)(C)O3)n1)C1CCCN2C1)C(F)(F)F. The van der Waals surface area contributed by atoms with E-state index in [9.17, 15) is 22.8 Å². The van der Waals surface area contributed by atoms with Crippen LogP contribution in [-0.4, -0.2) is 83.3 Å². The third-order valence-electron chi connectivity index (χ3n) is 6.78. The van der Waals surface area contributed by atoms with Crippen LogP contribution in [0, 0.1) is 0 Å². The molecule has 3 aliphatic rings. The molecule has 3 atom stereocenters. The highest BCUT2D eigenvalue weighted by Gasteiger charge is 2.41. The van der Waals surface area contributed by atoms with Gasteiger partial charge in [0.1, 0.15) is 24.6 Å². The fourth-order valence-electron chi connectivity index (χ4n) is 4.80. The third-order valence-corrected chi connectivity index (χ3v) is 6.78. The van der Waals surface area contributed by atoms with Gasteiger partial charge in [0, 0.05) is 19.2 Å². The van der Waals surface area contributed by atoms with Crippen LogP contribution in [0.4, 0.5) is 35.3 Å². The van der Waals surface area contributed by atoms with Gasteiger partial charge in [-0.25, -0.2) is 14.8 Å². The van der Waals surface area contributed by atoms with Crippen molar-refractivity contribution in [1.82, 2.24) is 20.3 Å². The summed E-state index contributed by atoms with van der Waals surface area (Å²) >= 11 is 0. The summed E-state index contributed by atoms with van der Waals surface area (Å²) in [7, 11) is 0. The minimum atomic E-state index is -4.63. The number of aromatic nitrogens is 3. The first-order valence-electron chi connectivity index (χ1n) is 12.9. The molecule has 216 valence electrons. The number of rotatable bonds is 6. The van der Waals surface area contributed by atoms with Crippen LogP contribution in [0.2, 0.25) is 0 Å². The van der Waals surface area contributed by atoms with Crippen molar-refractivity contribution in [2.24, 2.45) is 0 Å². The number of amides is 3. The number of pyridine rings is 1. The van der Waals surface area contributed by atoms with Gasteiger partial charge in [0.2, 0.25) is 11.7 Å². The largest absolute Gasteiger partial charge is 0.475 e. The van der Waals surface area contributed by atoms with Crippen molar-refractivity contribution in [1.29, 1.82) is 0 Å². The van der Waals surface area contributed by atoms with Gasteiger partial charge in [-0.3, -0.25) is 15.0 Å². The minimum absolute atomic E-state index is 0.140. The molecule has 3 aliphatic heterocycles. The van der Waals surface area contributed by atoms with Crippen molar-refractivity contribution in [3.8, 4) is 5.88 Å². The molecule has 2 bridgehead atoms. The molecule has 0 spiro atoms. The Bertz CT molecular complexity index is 1280. The smallest absolute Gasteiger partial charge is 0.408 e. The number of hydrogen-bond acceptors (Lipinski definition) is 9. The van der Waals surface area contributed by atoms with E-state index in [1.165, 1.54) is 11.1 Å². The number of anilines is 3. The first-order chi connectivity index (χ1) is 18.9. The van der Waals surface area contributed by atoms with Crippen LogP contribution in [0.1, 0.15) is 44.2 Å². The Labute approximate surface area is 228 Å². The van der Waals surface area contributed by atoms with Crippen molar-refractivity contribution < 1.29 is 37.0 Å². The average Bonchev–Trinajstić information content (AvgIpc) is 3.25. The predicted molar refractivity (Wildman–Crippen MR) is 136 cm³/mol. The van der Waals surface area contributed by atoms with Gasteiger partial charge in [0.15, 0.2) is 11.6 Å². The number of fused-ring (bicyclic) bond motifs is 4. The van der Waals surface area contributed by atoms with Crippen LogP contribution in [0.3, 0.4) is 0 Å². The molecule has 0 aromatic carbocycles. The molecule has 0 saturated carbocycles. The molecule has 12 nitrogen and oxygen atoms in total. The lowest BCUT2D eigenvalue weighted by atomic mass is 10.0. The molecule has 40 heavy (non-hydrogen) atoms. The normalized spacial score (nSPS) is 22.4. The highest BCUT2D eigenvalue weighted by molar-refractivity contribution is 6.04. The molecule has 5 rings (SSSR count). The summed E-state index contributed by atoms with van der Waals surface area (Å²) in [6.45, 7) is 6.27. The quantitative estimate of drug-likeness (QED) is 0.543. The maximum Gasteiger partial charge on any atom is 0.408 e.